The Kier molecular flexibility index (Phi) is 3.85. The van der Waals surface area contributed by atoms with Gasteiger partial charge in [-0.1, -0.05) is 29.8 Å². The van der Waals surface area contributed by atoms with Gasteiger partial charge in [0.2, 0.25) is 0 Å². The van der Waals surface area contributed by atoms with E-state index in [1.165, 1.54) is 6.20 Å². The molecule has 5 heteroatoms. The molecule has 1 aliphatic rings. The number of ether oxygens (including phenoxy) is 1. The summed E-state index contributed by atoms with van der Waals surface area (Å²) in [5, 5.41) is 5.19. The third kappa shape index (κ3) is 2.93. The van der Waals surface area contributed by atoms with E-state index in [4.69, 9.17) is 4.74 Å². The van der Waals surface area contributed by atoms with Gasteiger partial charge in [0.1, 0.15) is 0 Å². The summed E-state index contributed by atoms with van der Waals surface area (Å²) in [6.45, 7) is 4.02. The molecule has 100 valence electrons. The molecular weight excluding hydrogens is 244 g/mol. The highest BCUT2D eigenvalue weighted by molar-refractivity contribution is 5.93. The molecule has 0 aliphatic carbocycles. The van der Waals surface area contributed by atoms with Crippen molar-refractivity contribution >= 4 is 12.0 Å². The Bertz CT molecular complexity index is 520. The Hall–Kier alpha value is -2.30. The average molecular weight is 260 g/mol. The maximum absolute atomic E-state index is 11.9. The van der Waals surface area contributed by atoms with Gasteiger partial charge in [0, 0.05) is 6.20 Å². The van der Waals surface area contributed by atoms with Crippen LogP contribution < -0.4 is 10.6 Å². The van der Waals surface area contributed by atoms with Crippen molar-refractivity contribution < 1.29 is 14.3 Å². The zero-order chi connectivity index (χ0) is 13.8. The predicted molar refractivity (Wildman–Crippen MR) is 70.3 cm³/mol. The Labute approximate surface area is 111 Å². The molecule has 2 N–H and O–H groups in total. The summed E-state index contributed by atoms with van der Waals surface area (Å²) in [5.41, 5.74) is 2.36. The molecule has 0 saturated heterocycles. The maximum atomic E-state index is 11.9. The molecule has 2 amide bonds. The number of nitrogens with one attached hydrogen (secondary N) is 2. The molecule has 1 atom stereocenters. The maximum Gasteiger partial charge on any atom is 0.337 e. The largest absolute Gasteiger partial charge is 0.463 e. The standard InChI is InChI=1S/C14H16N2O3/c1-3-19-13(17)11-8-15-14(18)16-12(11)10-6-4-9(2)5-7-10/h4-8,12H,3H2,1-2H3,(H2,15,16,18). The van der Waals surface area contributed by atoms with Crippen molar-refractivity contribution in [1.82, 2.24) is 10.6 Å². The van der Waals surface area contributed by atoms with E-state index in [1.807, 2.05) is 31.2 Å². The lowest BCUT2D eigenvalue weighted by atomic mass is 9.97. The van der Waals surface area contributed by atoms with Gasteiger partial charge in [0.15, 0.2) is 0 Å². The number of carbonyl (C=O) groups excluding carboxylic acids is 2. The van der Waals surface area contributed by atoms with Crippen molar-refractivity contribution in [2.24, 2.45) is 0 Å². The van der Waals surface area contributed by atoms with Crippen molar-refractivity contribution in [2.75, 3.05) is 6.61 Å². The molecule has 0 spiro atoms. The highest BCUT2D eigenvalue weighted by Gasteiger charge is 2.28. The topological polar surface area (TPSA) is 67.4 Å². The van der Waals surface area contributed by atoms with E-state index in [0.29, 0.717) is 12.2 Å². The molecule has 0 bridgehead atoms. The summed E-state index contributed by atoms with van der Waals surface area (Å²) >= 11 is 0. The zero-order valence-corrected chi connectivity index (χ0v) is 10.9. The zero-order valence-electron chi connectivity index (χ0n) is 10.9. The molecular formula is C14H16N2O3. The number of amides is 2. The van der Waals surface area contributed by atoms with Gasteiger partial charge >= 0.3 is 12.0 Å². The van der Waals surface area contributed by atoms with E-state index in [0.717, 1.165) is 11.1 Å². The Morgan fingerprint density at radius 1 is 1.32 bits per heavy atom. The molecule has 5 nitrogen and oxygen atoms in total. The van der Waals surface area contributed by atoms with Crippen molar-refractivity contribution in [2.45, 2.75) is 19.9 Å². The molecule has 1 aromatic rings. The van der Waals surface area contributed by atoms with Crippen LogP contribution in [0.4, 0.5) is 4.79 Å². The SMILES string of the molecule is CCOC(=O)C1=CNC(=O)NC1c1ccc(C)cc1. The highest BCUT2D eigenvalue weighted by Crippen LogP contribution is 2.24. The minimum Gasteiger partial charge on any atom is -0.463 e. The van der Waals surface area contributed by atoms with Crippen LogP contribution in [0.1, 0.15) is 24.1 Å². The number of hydrogen-bond donors (Lipinski definition) is 2. The van der Waals surface area contributed by atoms with Gasteiger partial charge in [-0.25, -0.2) is 9.59 Å². The van der Waals surface area contributed by atoms with Crippen LogP contribution in [0.15, 0.2) is 36.0 Å². The van der Waals surface area contributed by atoms with Gasteiger partial charge in [-0.15, -0.1) is 0 Å². The highest BCUT2D eigenvalue weighted by atomic mass is 16.5. The van der Waals surface area contributed by atoms with E-state index >= 15 is 0 Å². The summed E-state index contributed by atoms with van der Waals surface area (Å²) in [6.07, 6.45) is 1.40. The lowest BCUT2D eigenvalue weighted by molar-refractivity contribution is -0.139. The van der Waals surface area contributed by atoms with Crippen LogP contribution in [0, 0.1) is 6.92 Å². The fourth-order valence-corrected chi connectivity index (χ4v) is 1.89. The number of rotatable bonds is 3. The van der Waals surface area contributed by atoms with Crippen LogP contribution in [0.3, 0.4) is 0 Å². The number of urea groups is 1. The van der Waals surface area contributed by atoms with Gasteiger partial charge in [0.25, 0.3) is 0 Å². The van der Waals surface area contributed by atoms with E-state index in [-0.39, 0.29) is 6.03 Å². The van der Waals surface area contributed by atoms with Crippen LogP contribution in [0.2, 0.25) is 0 Å². The molecule has 1 unspecified atom stereocenters. The number of esters is 1. The van der Waals surface area contributed by atoms with Gasteiger partial charge < -0.3 is 15.4 Å². The third-order valence-corrected chi connectivity index (χ3v) is 2.87. The molecule has 1 heterocycles. The van der Waals surface area contributed by atoms with E-state index in [1.54, 1.807) is 6.92 Å². The van der Waals surface area contributed by atoms with Crippen LogP contribution in [0.25, 0.3) is 0 Å². The normalized spacial score (nSPS) is 18.1. The quantitative estimate of drug-likeness (QED) is 0.814. The number of benzene rings is 1. The van der Waals surface area contributed by atoms with Crippen molar-refractivity contribution in [1.29, 1.82) is 0 Å². The lowest BCUT2D eigenvalue weighted by Gasteiger charge is -2.25. The van der Waals surface area contributed by atoms with Gasteiger partial charge in [-0.05, 0) is 19.4 Å². The summed E-state index contributed by atoms with van der Waals surface area (Å²) in [5.74, 6) is -0.430. The van der Waals surface area contributed by atoms with Gasteiger partial charge in [-0.2, -0.15) is 0 Å². The average Bonchev–Trinajstić information content (AvgIpc) is 2.39. The molecule has 19 heavy (non-hydrogen) atoms. The number of hydrogen-bond acceptors (Lipinski definition) is 3. The van der Waals surface area contributed by atoms with Crippen molar-refractivity contribution in [3.63, 3.8) is 0 Å². The number of carbonyl (C=O) groups is 2. The fourth-order valence-electron chi connectivity index (χ4n) is 1.89. The monoisotopic (exact) mass is 260 g/mol. The minimum absolute atomic E-state index is 0.296. The van der Waals surface area contributed by atoms with Crippen LogP contribution in [-0.2, 0) is 9.53 Å². The second-order valence-electron chi connectivity index (χ2n) is 4.28. The Balaban J connectivity index is 2.31. The molecule has 0 saturated carbocycles. The molecule has 1 aliphatic heterocycles. The predicted octanol–water partition coefficient (Wildman–Crippen LogP) is 1.80. The second-order valence-corrected chi connectivity index (χ2v) is 4.28. The molecule has 1 aromatic carbocycles. The lowest BCUT2D eigenvalue weighted by Crippen LogP contribution is -2.42. The minimum atomic E-state index is -0.478. The summed E-state index contributed by atoms with van der Waals surface area (Å²) in [7, 11) is 0. The molecule has 0 aromatic heterocycles. The Morgan fingerprint density at radius 2 is 2.00 bits per heavy atom. The first-order chi connectivity index (χ1) is 9.11. The molecule has 0 fully saturated rings. The second kappa shape index (κ2) is 5.56. The summed E-state index contributed by atoms with van der Waals surface area (Å²) in [6, 6.07) is 6.84. The van der Waals surface area contributed by atoms with Crippen LogP contribution in [0.5, 0.6) is 0 Å². The third-order valence-electron chi connectivity index (χ3n) is 2.87. The van der Waals surface area contributed by atoms with Gasteiger partial charge in [-0.3, -0.25) is 0 Å². The first-order valence-corrected chi connectivity index (χ1v) is 6.12. The van der Waals surface area contributed by atoms with E-state index < -0.39 is 12.0 Å². The first-order valence-electron chi connectivity index (χ1n) is 6.12. The first kappa shape index (κ1) is 13.1. The van der Waals surface area contributed by atoms with Crippen molar-refractivity contribution in [3.8, 4) is 0 Å². The fraction of sp³-hybridized carbons (Fsp3) is 0.286. The summed E-state index contributed by atoms with van der Waals surface area (Å²) in [4.78, 5) is 23.3. The Morgan fingerprint density at radius 3 is 2.63 bits per heavy atom. The van der Waals surface area contributed by atoms with Crippen LogP contribution >= 0.6 is 0 Å². The molecule has 2 rings (SSSR count). The molecule has 0 radical (unpaired) electrons. The van der Waals surface area contributed by atoms with Crippen LogP contribution in [-0.4, -0.2) is 18.6 Å². The van der Waals surface area contributed by atoms with E-state index in [2.05, 4.69) is 10.6 Å². The number of aryl methyl sites for hydroxylation is 1. The summed E-state index contributed by atoms with van der Waals surface area (Å²) < 4.78 is 4.99. The smallest absolute Gasteiger partial charge is 0.337 e. The van der Waals surface area contributed by atoms with Gasteiger partial charge in [0.05, 0.1) is 18.2 Å². The van der Waals surface area contributed by atoms with E-state index in [9.17, 15) is 9.59 Å². The van der Waals surface area contributed by atoms with Crippen molar-refractivity contribution in [3.05, 3.63) is 47.2 Å².